The number of benzene rings is 1. The molecule has 0 unspecified atom stereocenters. The summed E-state index contributed by atoms with van der Waals surface area (Å²) in [6, 6.07) is 3.34. The topological polar surface area (TPSA) is 71.8 Å². The quantitative estimate of drug-likeness (QED) is 0.582. The Kier molecular flexibility index (Phi) is 1.89. The first-order valence-corrected chi connectivity index (χ1v) is 4.26. The van der Waals surface area contributed by atoms with E-state index < -0.39 is 4.92 Å². The van der Waals surface area contributed by atoms with Crippen LogP contribution in [0, 0.1) is 17.0 Å². The molecule has 0 atom stereocenters. The van der Waals surface area contributed by atoms with Crippen molar-refractivity contribution in [1.29, 1.82) is 0 Å². The summed E-state index contributed by atoms with van der Waals surface area (Å²) >= 11 is 5.77. The van der Waals surface area contributed by atoms with Crippen molar-refractivity contribution in [3.8, 4) is 0 Å². The zero-order chi connectivity index (χ0) is 10.3. The monoisotopic (exact) mass is 211 g/mol. The zero-order valence-electron chi connectivity index (χ0n) is 7.24. The summed E-state index contributed by atoms with van der Waals surface area (Å²) < 4.78 is 0. The normalized spacial score (nSPS) is 10.7. The van der Waals surface area contributed by atoms with Crippen molar-refractivity contribution in [2.75, 3.05) is 0 Å². The van der Waals surface area contributed by atoms with Crippen molar-refractivity contribution in [3.05, 3.63) is 33.0 Å². The number of hydrogen-bond donors (Lipinski definition) is 1. The van der Waals surface area contributed by atoms with E-state index in [0.29, 0.717) is 16.5 Å². The van der Waals surface area contributed by atoms with Crippen molar-refractivity contribution >= 4 is 28.2 Å². The molecule has 0 fully saturated rings. The van der Waals surface area contributed by atoms with Gasteiger partial charge in [0.15, 0.2) is 0 Å². The van der Waals surface area contributed by atoms with Crippen LogP contribution in [-0.4, -0.2) is 15.1 Å². The molecular weight excluding hydrogens is 206 g/mol. The fourth-order valence-corrected chi connectivity index (χ4v) is 1.62. The fourth-order valence-electron chi connectivity index (χ4n) is 1.39. The third-order valence-electron chi connectivity index (χ3n) is 2.03. The van der Waals surface area contributed by atoms with E-state index in [9.17, 15) is 10.1 Å². The molecule has 0 aliphatic heterocycles. The van der Waals surface area contributed by atoms with Crippen LogP contribution in [0.15, 0.2) is 12.1 Å². The summed E-state index contributed by atoms with van der Waals surface area (Å²) in [5.41, 5.74) is 1.10. The summed E-state index contributed by atoms with van der Waals surface area (Å²) in [5.74, 6) is 0. The van der Waals surface area contributed by atoms with E-state index in [1.807, 2.05) is 0 Å². The molecule has 0 aliphatic rings. The molecule has 0 radical (unpaired) electrons. The van der Waals surface area contributed by atoms with Gasteiger partial charge in [-0.1, -0.05) is 17.7 Å². The van der Waals surface area contributed by atoms with Crippen LogP contribution in [0.25, 0.3) is 10.9 Å². The molecule has 72 valence electrons. The number of nitrogens with zero attached hydrogens (tertiary/aromatic N) is 2. The van der Waals surface area contributed by atoms with Crippen LogP contribution in [0.5, 0.6) is 0 Å². The second-order valence-electron chi connectivity index (χ2n) is 2.92. The van der Waals surface area contributed by atoms with Gasteiger partial charge in [0.2, 0.25) is 0 Å². The smallest absolute Gasteiger partial charge is 0.266 e. The van der Waals surface area contributed by atoms with Gasteiger partial charge in [0.05, 0.1) is 4.92 Å². The molecular formula is C8H6ClN3O2. The van der Waals surface area contributed by atoms with Gasteiger partial charge in [-0.15, -0.1) is 0 Å². The molecule has 5 nitrogen and oxygen atoms in total. The van der Waals surface area contributed by atoms with Gasteiger partial charge in [-0.05, 0) is 13.0 Å². The SMILES string of the molecule is Cc1ccc2n[nH]c(Cl)c2c1[N+](=O)[O-]. The molecule has 14 heavy (non-hydrogen) atoms. The number of nitro benzene ring substituents is 1. The van der Waals surface area contributed by atoms with E-state index in [4.69, 9.17) is 11.6 Å². The number of nitro groups is 1. The van der Waals surface area contributed by atoms with Crippen LogP contribution in [-0.2, 0) is 0 Å². The van der Waals surface area contributed by atoms with Crippen molar-refractivity contribution in [2.24, 2.45) is 0 Å². The lowest BCUT2D eigenvalue weighted by Crippen LogP contribution is -1.92. The summed E-state index contributed by atoms with van der Waals surface area (Å²) in [5, 5.41) is 17.7. The highest BCUT2D eigenvalue weighted by molar-refractivity contribution is 6.35. The maximum Gasteiger partial charge on any atom is 0.284 e. The molecule has 2 rings (SSSR count). The van der Waals surface area contributed by atoms with Crippen LogP contribution in [0.1, 0.15) is 5.56 Å². The van der Waals surface area contributed by atoms with Gasteiger partial charge in [0.1, 0.15) is 16.1 Å². The lowest BCUT2D eigenvalue weighted by Gasteiger charge is -1.97. The fraction of sp³-hybridized carbons (Fsp3) is 0.125. The van der Waals surface area contributed by atoms with Gasteiger partial charge in [0.25, 0.3) is 5.69 Å². The van der Waals surface area contributed by atoms with Crippen molar-refractivity contribution < 1.29 is 4.92 Å². The maximum atomic E-state index is 10.8. The Morgan fingerprint density at radius 2 is 2.29 bits per heavy atom. The third kappa shape index (κ3) is 1.13. The number of nitrogens with one attached hydrogen (secondary N) is 1. The second kappa shape index (κ2) is 2.95. The molecule has 6 heteroatoms. The minimum atomic E-state index is -0.445. The minimum absolute atomic E-state index is 0.0150. The minimum Gasteiger partial charge on any atom is -0.266 e. The maximum absolute atomic E-state index is 10.8. The zero-order valence-corrected chi connectivity index (χ0v) is 8.00. The molecule has 0 aliphatic carbocycles. The van der Waals surface area contributed by atoms with Crippen LogP contribution < -0.4 is 0 Å². The Morgan fingerprint density at radius 1 is 1.57 bits per heavy atom. The molecule has 1 aromatic carbocycles. The Balaban J connectivity index is 2.94. The van der Waals surface area contributed by atoms with E-state index >= 15 is 0 Å². The summed E-state index contributed by atoms with van der Waals surface area (Å²) in [6.07, 6.45) is 0. The Labute approximate surface area is 83.8 Å². The number of aryl methyl sites for hydroxylation is 1. The van der Waals surface area contributed by atoms with Gasteiger partial charge in [-0.3, -0.25) is 15.2 Å². The van der Waals surface area contributed by atoms with Gasteiger partial charge in [-0.2, -0.15) is 5.10 Å². The van der Waals surface area contributed by atoms with Crippen molar-refractivity contribution in [2.45, 2.75) is 6.92 Å². The van der Waals surface area contributed by atoms with Crippen molar-refractivity contribution in [1.82, 2.24) is 10.2 Å². The van der Waals surface area contributed by atoms with Crippen molar-refractivity contribution in [3.63, 3.8) is 0 Å². The van der Waals surface area contributed by atoms with E-state index in [1.54, 1.807) is 19.1 Å². The summed E-state index contributed by atoms with van der Waals surface area (Å²) in [4.78, 5) is 10.3. The van der Waals surface area contributed by atoms with E-state index in [0.717, 1.165) is 0 Å². The highest BCUT2D eigenvalue weighted by Crippen LogP contribution is 2.32. The molecule has 0 bridgehead atoms. The number of H-pyrrole nitrogens is 1. The first-order chi connectivity index (χ1) is 6.61. The molecule has 0 saturated heterocycles. The number of halogens is 1. The predicted octanol–water partition coefficient (Wildman–Crippen LogP) is 2.43. The highest BCUT2D eigenvalue weighted by Gasteiger charge is 2.19. The van der Waals surface area contributed by atoms with E-state index in [1.165, 1.54) is 0 Å². The van der Waals surface area contributed by atoms with Crippen LogP contribution >= 0.6 is 11.6 Å². The average molecular weight is 212 g/mol. The summed E-state index contributed by atoms with van der Waals surface area (Å²) in [6.45, 7) is 1.67. The van der Waals surface area contributed by atoms with E-state index in [2.05, 4.69) is 10.2 Å². The van der Waals surface area contributed by atoms with Crippen LogP contribution in [0.4, 0.5) is 5.69 Å². The standard InChI is InChI=1S/C8H6ClN3O2/c1-4-2-3-5-6(7(4)12(13)14)8(9)11-10-5/h2-3H,1H3,(H,10,11). The molecule has 0 saturated carbocycles. The largest absolute Gasteiger partial charge is 0.284 e. The molecule has 0 spiro atoms. The number of rotatable bonds is 1. The molecule has 1 aromatic heterocycles. The summed E-state index contributed by atoms with van der Waals surface area (Å²) in [7, 11) is 0. The number of aromatic amines is 1. The number of hydrogen-bond acceptors (Lipinski definition) is 3. The first-order valence-electron chi connectivity index (χ1n) is 3.89. The molecule has 0 amide bonds. The first kappa shape index (κ1) is 8.96. The van der Waals surface area contributed by atoms with Crippen LogP contribution in [0.3, 0.4) is 0 Å². The van der Waals surface area contributed by atoms with Gasteiger partial charge in [0, 0.05) is 5.56 Å². The Bertz CT molecular complexity index is 521. The van der Waals surface area contributed by atoms with Crippen LogP contribution in [0.2, 0.25) is 5.15 Å². The third-order valence-corrected chi connectivity index (χ3v) is 2.31. The van der Waals surface area contributed by atoms with E-state index in [-0.39, 0.29) is 10.8 Å². The van der Waals surface area contributed by atoms with Gasteiger partial charge >= 0.3 is 0 Å². The highest BCUT2D eigenvalue weighted by atomic mass is 35.5. The molecule has 1 N–H and O–H groups in total. The second-order valence-corrected chi connectivity index (χ2v) is 3.30. The lowest BCUT2D eigenvalue weighted by molar-refractivity contribution is -0.383. The lowest BCUT2D eigenvalue weighted by atomic mass is 10.1. The predicted molar refractivity (Wildman–Crippen MR) is 52.5 cm³/mol. The van der Waals surface area contributed by atoms with Gasteiger partial charge in [-0.25, -0.2) is 0 Å². The Morgan fingerprint density at radius 3 is 2.93 bits per heavy atom. The Hall–Kier alpha value is -1.62. The molecule has 1 heterocycles. The van der Waals surface area contributed by atoms with Gasteiger partial charge < -0.3 is 0 Å². The molecule has 2 aromatic rings. The average Bonchev–Trinajstić information content (AvgIpc) is 2.47. The number of aromatic nitrogens is 2. The number of fused-ring (bicyclic) bond motifs is 1.